The smallest absolute Gasteiger partial charge is 0.259 e. The summed E-state index contributed by atoms with van der Waals surface area (Å²) in [6.07, 6.45) is 2.87. The molecule has 0 radical (unpaired) electrons. The van der Waals surface area contributed by atoms with Crippen LogP contribution in [0.15, 0.2) is 24.3 Å². The highest BCUT2D eigenvalue weighted by molar-refractivity contribution is 7.17. The van der Waals surface area contributed by atoms with Crippen LogP contribution in [0.2, 0.25) is 0 Å². The lowest BCUT2D eigenvalue weighted by Crippen LogP contribution is -2.19. The van der Waals surface area contributed by atoms with E-state index in [1.165, 1.54) is 23.1 Å². The van der Waals surface area contributed by atoms with Crippen molar-refractivity contribution in [3.63, 3.8) is 0 Å². The summed E-state index contributed by atoms with van der Waals surface area (Å²) in [5, 5.41) is 6.40. The summed E-state index contributed by atoms with van der Waals surface area (Å²) in [6.45, 7) is 3.68. The van der Waals surface area contributed by atoms with Gasteiger partial charge in [-0.3, -0.25) is 9.59 Å². The summed E-state index contributed by atoms with van der Waals surface area (Å²) in [7, 11) is 1.57. The second-order valence-corrected chi connectivity index (χ2v) is 7.50. The van der Waals surface area contributed by atoms with Gasteiger partial charge in [-0.25, -0.2) is 0 Å². The van der Waals surface area contributed by atoms with Crippen LogP contribution >= 0.6 is 11.3 Å². The van der Waals surface area contributed by atoms with E-state index in [0.717, 1.165) is 24.8 Å². The predicted octanol–water partition coefficient (Wildman–Crippen LogP) is 4.09. The van der Waals surface area contributed by atoms with Gasteiger partial charge in [0.1, 0.15) is 10.8 Å². The summed E-state index contributed by atoms with van der Waals surface area (Å²) in [4.78, 5) is 25.8. The molecule has 0 fully saturated rings. The first kappa shape index (κ1) is 17.5. The number of hydrogen-bond acceptors (Lipinski definition) is 4. The molecule has 2 aromatic rings. The second-order valence-electron chi connectivity index (χ2n) is 6.39. The monoisotopic (exact) mass is 358 g/mol. The molecule has 132 valence electrons. The molecule has 1 atom stereocenters. The van der Waals surface area contributed by atoms with Crippen molar-refractivity contribution >= 4 is 33.8 Å². The quantitative estimate of drug-likeness (QED) is 0.865. The number of para-hydroxylation sites is 2. The molecular weight excluding hydrogens is 336 g/mol. The molecule has 5 nitrogen and oxygen atoms in total. The highest BCUT2D eigenvalue weighted by atomic mass is 32.1. The highest BCUT2D eigenvalue weighted by Crippen LogP contribution is 2.40. The SMILES string of the molecule is COc1ccccc1NC(=O)c1c(NC(C)=O)sc2c1CC[C@@H](C)C2. The predicted molar refractivity (Wildman–Crippen MR) is 101 cm³/mol. The van der Waals surface area contributed by atoms with Crippen molar-refractivity contribution in [1.82, 2.24) is 0 Å². The number of methoxy groups -OCH3 is 1. The fraction of sp³-hybridized carbons (Fsp3) is 0.368. The van der Waals surface area contributed by atoms with Gasteiger partial charge in [0.2, 0.25) is 5.91 Å². The van der Waals surface area contributed by atoms with Gasteiger partial charge in [0, 0.05) is 11.8 Å². The van der Waals surface area contributed by atoms with Gasteiger partial charge in [0.25, 0.3) is 5.91 Å². The average Bonchev–Trinajstić information content (AvgIpc) is 2.91. The van der Waals surface area contributed by atoms with Crippen molar-refractivity contribution in [3.05, 3.63) is 40.3 Å². The van der Waals surface area contributed by atoms with E-state index in [4.69, 9.17) is 4.74 Å². The van der Waals surface area contributed by atoms with Crippen molar-refractivity contribution in [2.75, 3.05) is 17.7 Å². The number of fused-ring (bicyclic) bond motifs is 1. The van der Waals surface area contributed by atoms with Crippen LogP contribution in [0.1, 0.15) is 41.1 Å². The van der Waals surface area contributed by atoms with Crippen LogP contribution in [-0.4, -0.2) is 18.9 Å². The molecule has 3 rings (SSSR count). The number of thiophene rings is 1. The van der Waals surface area contributed by atoms with Gasteiger partial charge in [-0.2, -0.15) is 0 Å². The number of amides is 2. The first-order valence-electron chi connectivity index (χ1n) is 8.36. The van der Waals surface area contributed by atoms with Gasteiger partial charge < -0.3 is 15.4 Å². The first-order valence-corrected chi connectivity index (χ1v) is 9.17. The molecule has 6 heteroatoms. The molecular formula is C19H22N2O3S. The van der Waals surface area contributed by atoms with E-state index in [-0.39, 0.29) is 11.8 Å². The molecule has 0 spiro atoms. The summed E-state index contributed by atoms with van der Waals surface area (Å²) in [5.74, 6) is 0.828. The van der Waals surface area contributed by atoms with Crippen molar-refractivity contribution in [2.45, 2.75) is 33.1 Å². The maximum atomic E-state index is 13.0. The Morgan fingerprint density at radius 3 is 2.72 bits per heavy atom. The molecule has 1 heterocycles. The lowest BCUT2D eigenvalue weighted by Gasteiger charge is -2.19. The van der Waals surface area contributed by atoms with Crippen LogP contribution in [0, 0.1) is 5.92 Å². The maximum absolute atomic E-state index is 13.0. The van der Waals surface area contributed by atoms with Gasteiger partial charge in [-0.15, -0.1) is 11.3 Å². The van der Waals surface area contributed by atoms with Gasteiger partial charge in [0.15, 0.2) is 0 Å². The van der Waals surface area contributed by atoms with Crippen molar-refractivity contribution in [3.8, 4) is 5.75 Å². The Balaban J connectivity index is 1.97. The van der Waals surface area contributed by atoms with Crippen LogP contribution in [-0.2, 0) is 17.6 Å². The molecule has 1 aromatic carbocycles. The van der Waals surface area contributed by atoms with E-state index in [1.807, 2.05) is 12.1 Å². The first-order chi connectivity index (χ1) is 12.0. The Bertz CT molecular complexity index is 813. The summed E-state index contributed by atoms with van der Waals surface area (Å²) in [5.41, 5.74) is 2.28. The molecule has 0 bridgehead atoms. The molecule has 2 N–H and O–H groups in total. The van der Waals surface area contributed by atoms with E-state index in [9.17, 15) is 9.59 Å². The number of benzene rings is 1. The number of carbonyl (C=O) groups excluding carboxylic acids is 2. The molecule has 1 aromatic heterocycles. The average molecular weight is 358 g/mol. The van der Waals surface area contributed by atoms with E-state index < -0.39 is 0 Å². The zero-order valence-electron chi connectivity index (χ0n) is 14.6. The Morgan fingerprint density at radius 1 is 1.24 bits per heavy atom. The zero-order chi connectivity index (χ0) is 18.0. The molecule has 2 amide bonds. The lowest BCUT2D eigenvalue weighted by molar-refractivity contribution is -0.114. The van der Waals surface area contributed by atoms with Crippen molar-refractivity contribution < 1.29 is 14.3 Å². The molecule has 1 aliphatic carbocycles. The molecule has 0 saturated carbocycles. The van der Waals surface area contributed by atoms with Crippen molar-refractivity contribution in [1.29, 1.82) is 0 Å². The van der Waals surface area contributed by atoms with E-state index in [1.54, 1.807) is 19.2 Å². The summed E-state index contributed by atoms with van der Waals surface area (Å²) in [6, 6.07) is 7.30. The van der Waals surface area contributed by atoms with Crippen LogP contribution in [0.25, 0.3) is 0 Å². The Labute approximate surface area is 151 Å². The van der Waals surface area contributed by atoms with Crippen molar-refractivity contribution in [2.24, 2.45) is 5.92 Å². The Hall–Kier alpha value is -2.34. The molecule has 0 aliphatic heterocycles. The Morgan fingerprint density at radius 2 is 2.00 bits per heavy atom. The fourth-order valence-corrected chi connectivity index (χ4v) is 4.63. The lowest BCUT2D eigenvalue weighted by atomic mass is 9.88. The highest BCUT2D eigenvalue weighted by Gasteiger charge is 2.28. The minimum Gasteiger partial charge on any atom is -0.495 e. The number of rotatable bonds is 4. The summed E-state index contributed by atoms with van der Waals surface area (Å²) < 4.78 is 5.30. The maximum Gasteiger partial charge on any atom is 0.259 e. The third-order valence-electron chi connectivity index (χ3n) is 4.38. The summed E-state index contributed by atoms with van der Waals surface area (Å²) >= 11 is 1.52. The minimum atomic E-state index is -0.208. The van der Waals surface area contributed by atoms with Gasteiger partial charge >= 0.3 is 0 Å². The van der Waals surface area contributed by atoms with Gasteiger partial charge in [0.05, 0.1) is 18.4 Å². The largest absolute Gasteiger partial charge is 0.495 e. The minimum absolute atomic E-state index is 0.169. The molecule has 0 unspecified atom stereocenters. The Kier molecular flexibility index (Phi) is 5.08. The molecule has 25 heavy (non-hydrogen) atoms. The van der Waals surface area contributed by atoms with Gasteiger partial charge in [-0.1, -0.05) is 19.1 Å². The normalized spacial score (nSPS) is 16.0. The number of anilines is 2. The fourth-order valence-electron chi connectivity index (χ4n) is 3.17. The third kappa shape index (κ3) is 3.69. The topological polar surface area (TPSA) is 67.4 Å². The second kappa shape index (κ2) is 7.27. The number of hydrogen-bond donors (Lipinski definition) is 2. The number of ether oxygens (including phenoxy) is 1. The van der Waals surface area contributed by atoms with E-state index in [2.05, 4.69) is 17.6 Å². The number of carbonyl (C=O) groups is 2. The zero-order valence-corrected chi connectivity index (χ0v) is 15.5. The standard InChI is InChI=1S/C19H22N2O3S/c1-11-8-9-13-16(10-11)25-19(20-12(2)22)17(13)18(23)21-14-6-4-5-7-15(14)24-3/h4-7,11H,8-10H2,1-3H3,(H,20,22)(H,21,23)/t11-/m1/s1. The van der Waals surface area contributed by atoms with Gasteiger partial charge in [-0.05, 0) is 42.9 Å². The van der Waals surface area contributed by atoms with Crippen LogP contribution in [0.5, 0.6) is 5.75 Å². The van der Waals surface area contributed by atoms with Crippen LogP contribution < -0.4 is 15.4 Å². The molecule has 0 saturated heterocycles. The number of nitrogens with one attached hydrogen (secondary N) is 2. The van der Waals surface area contributed by atoms with E-state index in [0.29, 0.717) is 27.9 Å². The van der Waals surface area contributed by atoms with Crippen LogP contribution in [0.4, 0.5) is 10.7 Å². The molecule has 1 aliphatic rings. The van der Waals surface area contributed by atoms with E-state index >= 15 is 0 Å². The van der Waals surface area contributed by atoms with Crippen LogP contribution in [0.3, 0.4) is 0 Å². The third-order valence-corrected chi connectivity index (χ3v) is 5.55.